The molecule has 1 aliphatic rings. The Hall–Kier alpha value is -1.68. The Bertz CT molecular complexity index is 671. The van der Waals surface area contributed by atoms with Gasteiger partial charge in [-0.1, -0.05) is 37.7 Å². The van der Waals surface area contributed by atoms with E-state index in [-0.39, 0.29) is 6.10 Å². The zero-order valence-electron chi connectivity index (χ0n) is 12.2. The molecule has 4 heteroatoms. The molecule has 1 heterocycles. The number of para-hydroxylation sites is 1. The van der Waals surface area contributed by atoms with E-state index in [1.165, 1.54) is 12.8 Å². The highest BCUT2D eigenvalue weighted by molar-refractivity contribution is 7.80. The maximum atomic E-state index is 6.32. The molecule has 1 fully saturated rings. The van der Waals surface area contributed by atoms with E-state index in [0.717, 1.165) is 35.1 Å². The number of thiocarbonyl (C=S) groups is 1. The highest BCUT2D eigenvalue weighted by atomic mass is 32.1. The van der Waals surface area contributed by atoms with E-state index in [1.54, 1.807) is 6.20 Å². The topological polar surface area (TPSA) is 48.1 Å². The van der Waals surface area contributed by atoms with Gasteiger partial charge in [0.05, 0.1) is 17.2 Å². The number of nitrogens with two attached hydrogens (primary N) is 1. The van der Waals surface area contributed by atoms with Crippen molar-refractivity contribution in [2.45, 2.75) is 38.7 Å². The van der Waals surface area contributed by atoms with Crippen LogP contribution in [0, 0.1) is 5.92 Å². The molecule has 0 spiro atoms. The first kappa shape index (κ1) is 14.3. The van der Waals surface area contributed by atoms with Gasteiger partial charge in [0.15, 0.2) is 0 Å². The molecule has 1 aromatic heterocycles. The molecule has 0 radical (unpaired) electrons. The summed E-state index contributed by atoms with van der Waals surface area (Å²) in [6, 6.07) is 7.96. The largest absolute Gasteiger partial charge is 0.489 e. The number of benzene rings is 1. The molecule has 1 aromatic carbocycles. The van der Waals surface area contributed by atoms with E-state index in [4.69, 9.17) is 22.7 Å². The average Bonchev–Trinajstić information content (AvgIpc) is 2.47. The number of ether oxygens (including phenoxy) is 1. The minimum absolute atomic E-state index is 0.243. The standard InChI is InChI=1S/C17H20N2OS/c1-11-5-4-6-12(9-11)20-16-13-7-2-3-8-15(13)19-10-14(16)17(18)21/h2-3,7-8,10-12H,4-6,9H2,1H3,(H2,18,21). The number of pyridine rings is 1. The van der Waals surface area contributed by atoms with Gasteiger partial charge in [0.1, 0.15) is 10.7 Å². The van der Waals surface area contributed by atoms with Gasteiger partial charge in [-0.05, 0) is 37.3 Å². The Labute approximate surface area is 130 Å². The van der Waals surface area contributed by atoms with Crippen LogP contribution in [0.15, 0.2) is 30.5 Å². The summed E-state index contributed by atoms with van der Waals surface area (Å²) < 4.78 is 6.32. The zero-order chi connectivity index (χ0) is 14.8. The molecule has 0 aliphatic heterocycles. The number of fused-ring (bicyclic) bond motifs is 1. The van der Waals surface area contributed by atoms with Crippen LogP contribution in [-0.4, -0.2) is 16.1 Å². The summed E-state index contributed by atoms with van der Waals surface area (Å²) in [6.45, 7) is 2.29. The van der Waals surface area contributed by atoms with Crippen molar-refractivity contribution in [1.29, 1.82) is 0 Å². The highest BCUT2D eigenvalue weighted by Crippen LogP contribution is 2.33. The first-order chi connectivity index (χ1) is 10.1. The lowest BCUT2D eigenvalue weighted by Gasteiger charge is -2.28. The summed E-state index contributed by atoms with van der Waals surface area (Å²) in [7, 11) is 0. The first-order valence-corrected chi connectivity index (χ1v) is 7.90. The van der Waals surface area contributed by atoms with Gasteiger partial charge in [0.25, 0.3) is 0 Å². The summed E-state index contributed by atoms with van der Waals surface area (Å²) >= 11 is 5.16. The second-order valence-electron chi connectivity index (χ2n) is 5.89. The highest BCUT2D eigenvalue weighted by Gasteiger charge is 2.23. The second-order valence-corrected chi connectivity index (χ2v) is 6.33. The van der Waals surface area contributed by atoms with Crippen molar-refractivity contribution in [3.05, 3.63) is 36.0 Å². The molecule has 2 atom stereocenters. The minimum atomic E-state index is 0.243. The number of rotatable bonds is 3. The van der Waals surface area contributed by atoms with Gasteiger partial charge in [-0.3, -0.25) is 4.98 Å². The maximum Gasteiger partial charge on any atom is 0.140 e. The lowest BCUT2D eigenvalue weighted by atomic mass is 9.88. The number of aromatic nitrogens is 1. The summed E-state index contributed by atoms with van der Waals surface area (Å²) in [4.78, 5) is 4.76. The summed E-state index contributed by atoms with van der Waals surface area (Å²) in [5, 5.41) is 0.987. The Morgan fingerprint density at radius 2 is 2.14 bits per heavy atom. The van der Waals surface area contributed by atoms with Crippen molar-refractivity contribution in [1.82, 2.24) is 4.98 Å². The van der Waals surface area contributed by atoms with Crippen LogP contribution in [0.5, 0.6) is 5.75 Å². The fourth-order valence-electron chi connectivity index (χ4n) is 3.07. The van der Waals surface area contributed by atoms with Gasteiger partial charge in [0, 0.05) is 11.6 Å². The Morgan fingerprint density at radius 3 is 2.90 bits per heavy atom. The SMILES string of the molecule is CC1CCCC(Oc2c(C(N)=S)cnc3ccccc23)C1. The molecule has 0 bridgehead atoms. The van der Waals surface area contributed by atoms with Crippen molar-refractivity contribution >= 4 is 28.1 Å². The van der Waals surface area contributed by atoms with Crippen LogP contribution in [0.25, 0.3) is 10.9 Å². The van der Waals surface area contributed by atoms with E-state index in [9.17, 15) is 0 Å². The lowest BCUT2D eigenvalue weighted by Crippen LogP contribution is -2.25. The lowest BCUT2D eigenvalue weighted by molar-refractivity contribution is 0.130. The Balaban J connectivity index is 2.01. The van der Waals surface area contributed by atoms with Crippen molar-refractivity contribution in [3.63, 3.8) is 0 Å². The van der Waals surface area contributed by atoms with Crippen LogP contribution < -0.4 is 10.5 Å². The molecule has 2 aromatic rings. The fraction of sp³-hybridized carbons (Fsp3) is 0.412. The maximum absolute atomic E-state index is 6.32. The predicted octanol–water partition coefficient (Wildman–Crippen LogP) is 3.83. The molecule has 3 rings (SSSR count). The molecule has 2 unspecified atom stereocenters. The van der Waals surface area contributed by atoms with Crippen LogP contribution >= 0.6 is 12.2 Å². The monoisotopic (exact) mass is 300 g/mol. The molecule has 0 amide bonds. The van der Waals surface area contributed by atoms with Gasteiger partial charge in [0.2, 0.25) is 0 Å². The second kappa shape index (κ2) is 5.98. The van der Waals surface area contributed by atoms with Crippen LogP contribution in [0.2, 0.25) is 0 Å². The van der Waals surface area contributed by atoms with Crippen LogP contribution in [0.1, 0.15) is 38.2 Å². The van der Waals surface area contributed by atoms with E-state index < -0.39 is 0 Å². The van der Waals surface area contributed by atoms with E-state index >= 15 is 0 Å². The number of nitrogens with zero attached hydrogens (tertiary/aromatic N) is 1. The molecule has 3 nitrogen and oxygen atoms in total. The zero-order valence-corrected chi connectivity index (χ0v) is 13.0. The fourth-order valence-corrected chi connectivity index (χ4v) is 3.22. The number of hydrogen-bond donors (Lipinski definition) is 1. The molecule has 1 aliphatic carbocycles. The normalized spacial score (nSPS) is 22.1. The molecule has 110 valence electrons. The minimum Gasteiger partial charge on any atom is -0.489 e. The average molecular weight is 300 g/mol. The van der Waals surface area contributed by atoms with E-state index in [2.05, 4.69) is 11.9 Å². The van der Waals surface area contributed by atoms with Gasteiger partial charge in [-0.25, -0.2) is 0 Å². The number of hydrogen-bond acceptors (Lipinski definition) is 3. The summed E-state index contributed by atoms with van der Waals surface area (Å²) in [5.41, 5.74) is 7.50. The summed E-state index contributed by atoms with van der Waals surface area (Å²) in [5.74, 6) is 1.51. The smallest absolute Gasteiger partial charge is 0.140 e. The van der Waals surface area contributed by atoms with E-state index in [1.807, 2.05) is 24.3 Å². The molecule has 2 N–H and O–H groups in total. The molecular weight excluding hydrogens is 280 g/mol. The third kappa shape index (κ3) is 3.00. The molecule has 21 heavy (non-hydrogen) atoms. The quantitative estimate of drug-likeness (QED) is 0.875. The van der Waals surface area contributed by atoms with Gasteiger partial charge < -0.3 is 10.5 Å². The Kier molecular flexibility index (Phi) is 4.06. The molecule has 1 saturated carbocycles. The van der Waals surface area contributed by atoms with Crippen LogP contribution in [0.4, 0.5) is 0 Å². The Morgan fingerprint density at radius 1 is 1.33 bits per heavy atom. The summed E-state index contributed by atoms with van der Waals surface area (Å²) in [6.07, 6.45) is 6.67. The molecule has 0 saturated heterocycles. The van der Waals surface area contributed by atoms with Gasteiger partial charge in [-0.2, -0.15) is 0 Å². The van der Waals surface area contributed by atoms with Gasteiger partial charge in [-0.15, -0.1) is 0 Å². The van der Waals surface area contributed by atoms with Crippen LogP contribution in [0.3, 0.4) is 0 Å². The van der Waals surface area contributed by atoms with Crippen LogP contribution in [-0.2, 0) is 0 Å². The van der Waals surface area contributed by atoms with Crippen molar-refractivity contribution in [3.8, 4) is 5.75 Å². The third-order valence-corrected chi connectivity index (χ3v) is 4.38. The third-order valence-electron chi connectivity index (χ3n) is 4.16. The molecular formula is C17H20N2OS. The van der Waals surface area contributed by atoms with Crippen molar-refractivity contribution < 1.29 is 4.74 Å². The first-order valence-electron chi connectivity index (χ1n) is 7.49. The van der Waals surface area contributed by atoms with Crippen molar-refractivity contribution in [2.75, 3.05) is 0 Å². The van der Waals surface area contributed by atoms with E-state index in [0.29, 0.717) is 10.9 Å². The van der Waals surface area contributed by atoms with Crippen molar-refractivity contribution in [2.24, 2.45) is 11.7 Å². The van der Waals surface area contributed by atoms with Gasteiger partial charge >= 0.3 is 0 Å². The predicted molar refractivity (Wildman–Crippen MR) is 89.7 cm³/mol.